The fourth-order valence-electron chi connectivity index (χ4n) is 0. The zero-order chi connectivity index (χ0) is 0. The van der Waals surface area contributed by atoms with Gasteiger partial charge in [0.05, 0.1) is 0 Å². The first-order valence-corrected chi connectivity index (χ1v) is 0. The van der Waals surface area contributed by atoms with E-state index in [9.17, 15) is 0 Å². The zero-order valence-electron chi connectivity index (χ0n) is 1.41. The quantitative estimate of drug-likeness (QED) is 0.385. The molecule has 0 N–H and O–H groups in total. The second-order valence-electron chi connectivity index (χ2n) is 0. The standard InChI is InChI=1S/Al.AsH3.In.Sb.9H/h;1H3;;;;;;;;;;;. The molecule has 0 aliphatic carbocycles. The van der Waals surface area contributed by atoms with Gasteiger partial charge in [-0.2, -0.15) is 0 Å². The van der Waals surface area contributed by atoms with Crippen molar-refractivity contribution in [2.45, 2.75) is 0 Å². The van der Waals surface area contributed by atoms with Gasteiger partial charge in [-0.15, -0.1) is 0 Å². The SMILES string of the molecule is [AlH3].[AsH3].[InH3].[SbH3]. The molecule has 0 aromatic rings. The van der Waals surface area contributed by atoms with E-state index < -0.39 is 0 Å². The molecule has 0 heterocycles. The summed E-state index contributed by atoms with van der Waals surface area (Å²) in [5.74, 6) is 0. The first-order valence-electron chi connectivity index (χ1n) is 0. The van der Waals surface area contributed by atoms with Crippen molar-refractivity contribution in [3.05, 3.63) is 0 Å². The minimum atomic E-state index is 0. The van der Waals surface area contributed by atoms with Gasteiger partial charge in [0.2, 0.25) is 0 Å². The predicted molar refractivity (Wildman–Crippen MR) is 39.8 cm³/mol. The van der Waals surface area contributed by atoms with E-state index in [-0.39, 0.29) is 85.6 Å². The molecule has 0 spiro atoms. The predicted octanol–water partition coefficient (Wildman–Crippen LogP) is -4.74. The average Bonchev–Trinajstić information content (AvgIpc) is 0. The zero-order valence-corrected chi connectivity index (χ0v) is 8.42. The molecule has 0 aliphatic rings. The van der Waals surface area contributed by atoms with Crippen LogP contribution in [0.2, 0.25) is 0 Å². The molecule has 0 radical (unpaired) electrons. The fraction of sp³-hybridized carbons (Fsp3) is 0. The van der Waals surface area contributed by atoms with Crippen LogP contribution in [0.25, 0.3) is 0 Å². The molecule has 0 nitrogen and oxygen atoms in total. The van der Waals surface area contributed by atoms with Crippen LogP contribution in [0.4, 0.5) is 0 Å². The topological polar surface area (TPSA) is 0 Å². The molecule has 0 bridgehead atoms. The summed E-state index contributed by atoms with van der Waals surface area (Å²) in [5, 5.41) is 0. The second-order valence-corrected chi connectivity index (χ2v) is 0. The first kappa shape index (κ1) is 29.3. The molecule has 0 amide bonds. The molecule has 1 unspecified atom stereocenters. The summed E-state index contributed by atoms with van der Waals surface area (Å²) in [6.45, 7) is 0. The summed E-state index contributed by atoms with van der Waals surface area (Å²) in [5.41, 5.74) is 0. The van der Waals surface area contributed by atoms with Crippen molar-refractivity contribution in [3.8, 4) is 0 Å². The third-order valence-corrected chi connectivity index (χ3v) is 0. The van der Waals surface area contributed by atoms with Gasteiger partial charge in [-0.05, 0) is 0 Å². The summed E-state index contributed by atoms with van der Waals surface area (Å²) in [7, 11) is 0. The van der Waals surface area contributed by atoms with Crippen LogP contribution in [0.3, 0.4) is 0 Å². The van der Waals surface area contributed by atoms with Gasteiger partial charge in [0.15, 0.2) is 17.4 Å². The molecule has 0 saturated carbocycles. The van der Waals surface area contributed by atoms with Crippen LogP contribution in [0.15, 0.2) is 0 Å². The van der Waals surface area contributed by atoms with Crippen LogP contribution in [-0.4, -0.2) is 85.6 Å². The van der Waals surface area contributed by atoms with E-state index in [2.05, 4.69) is 0 Å². The summed E-state index contributed by atoms with van der Waals surface area (Å²) in [6.07, 6.45) is 0. The van der Waals surface area contributed by atoms with Crippen LogP contribution >= 0.6 is 0 Å². The monoisotopic (exact) mass is 350 g/mol. The Balaban J connectivity index is 0. The summed E-state index contributed by atoms with van der Waals surface area (Å²) >= 11 is 0. The third-order valence-electron chi connectivity index (χ3n) is 0. The normalized spacial score (nSPS) is 0. The summed E-state index contributed by atoms with van der Waals surface area (Å²) in [4.78, 5) is 0. The Morgan fingerprint density at radius 1 is 1.00 bits per heavy atom. The van der Waals surface area contributed by atoms with E-state index in [1.54, 1.807) is 0 Å². The fourth-order valence-corrected chi connectivity index (χ4v) is 0. The molecule has 0 aromatic carbocycles. The van der Waals surface area contributed by atoms with Crippen molar-refractivity contribution in [1.82, 2.24) is 0 Å². The molecule has 0 rings (SSSR count). The molecule has 0 fully saturated rings. The molecule has 1 atom stereocenters. The Kier molecular flexibility index (Phi) is 125. The van der Waals surface area contributed by atoms with Crippen molar-refractivity contribution in [2.24, 2.45) is 0 Å². The van der Waals surface area contributed by atoms with Crippen molar-refractivity contribution in [1.29, 1.82) is 0 Å². The molecule has 0 aromatic heterocycles. The minimum absolute atomic E-state index is 0. The molecular formula is H12AlAsInSb. The van der Waals surface area contributed by atoms with Gasteiger partial charge >= 0.3 is 68.2 Å². The first-order chi connectivity index (χ1) is 0. The second kappa shape index (κ2) is 17.1. The maximum absolute atomic E-state index is 0. The molecule has 28 valence electrons. The Morgan fingerprint density at radius 2 is 1.00 bits per heavy atom. The third kappa shape index (κ3) is 8.84. The maximum atomic E-state index is 0. The van der Waals surface area contributed by atoms with E-state index in [1.807, 2.05) is 0 Å². The van der Waals surface area contributed by atoms with Crippen LogP contribution < -0.4 is 0 Å². The number of rotatable bonds is 0. The van der Waals surface area contributed by atoms with Gasteiger partial charge in [-0.1, -0.05) is 0 Å². The number of hydrogen-bond acceptors (Lipinski definition) is 0. The van der Waals surface area contributed by atoms with Crippen molar-refractivity contribution in [3.63, 3.8) is 0 Å². The van der Waals surface area contributed by atoms with Gasteiger partial charge in [0, 0.05) is 0 Å². The Morgan fingerprint density at radius 3 is 1.00 bits per heavy atom. The van der Waals surface area contributed by atoms with Gasteiger partial charge in [0.25, 0.3) is 0 Å². The van der Waals surface area contributed by atoms with Crippen molar-refractivity contribution in [2.75, 3.05) is 0 Å². The van der Waals surface area contributed by atoms with Crippen molar-refractivity contribution < 1.29 is 0 Å². The molecule has 0 saturated heterocycles. The molecule has 4 heteroatoms. The van der Waals surface area contributed by atoms with E-state index >= 15 is 0 Å². The van der Waals surface area contributed by atoms with Gasteiger partial charge in [-0.25, -0.2) is 0 Å². The number of hydrogen-bond donors (Lipinski definition) is 0. The average molecular weight is 351 g/mol. The van der Waals surface area contributed by atoms with E-state index in [0.29, 0.717) is 0 Å². The molecule has 4 heavy (non-hydrogen) atoms. The van der Waals surface area contributed by atoms with Crippen LogP contribution in [0.1, 0.15) is 0 Å². The Hall–Kier alpha value is 2.78. The van der Waals surface area contributed by atoms with E-state index in [0.717, 1.165) is 0 Å². The molecule has 0 aliphatic heterocycles. The Labute approximate surface area is 84.2 Å². The molecular weight excluding hydrogens is 338 g/mol. The van der Waals surface area contributed by atoms with Crippen LogP contribution in [-0.2, 0) is 0 Å². The van der Waals surface area contributed by atoms with Gasteiger partial charge in [0.1, 0.15) is 0 Å². The van der Waals surface area contributed by atoms with Gasteiger partial charge < -0.3 is 0 Å². The Bertz CT molecular complexity index is 8.00. The van der Waals surface area contributed by atoms with E-state index in [1.165, 1.54) is 0 Å². The van der Waals surface area contributed by atoms with Crippen molar-refractivity contribution >= 4 is 85.6 Å². The van der Waals surface area contributed by atoms with Gasteiger partial charge in [-0.3, -0.25) is 0 Å². The van der Waals surface area contributed by atoms with E-state index in [4.69, 9.17) is 0 Å². The summed E-state index contributed by atoms with van der Waals surface area (Å²) in [6, 6.07) is 0. The summed E-state index contributed by atoms with van der Waals surface area (Å²) < 4.78 is 0. The van der Waals surface area contributed by atoms with Crippen LogP contribution in [0, 0.1) is 0 Å². The van der Waals surface area contributed by atoms with Crippen LogP contribution in [0.5, 0.6) is 0 Å².